The molecule has 8 rings (SSSR count). The fourth-order valence-corrected chi connectivity index (χ4v) is 7.79. The zero-order valence-electron chi connectivity index (χ0n) is 44.6. The highest BCUT2D eigenvalue weighted by molar-refractivity contribution is 5.99. The molecule has 6 aromatic rings. The van der Waals surface area contributed by atoms with Crippen LogP contribution < -0.4 is 56.5 Å². The number of pyridine rings is 2. The highest BCUT2D eigenvalue weighted by atomic mass is 19.4. The molecular formula is C53H58F6N16O6. The number of amides is 3. The first kappa shape index (κ1) is 59.2. The molecule has 2 aliphatic heterocycles. The number of aromatic nitrogens is 6. The number of carbonyl (C=O) groups excluding carboxylic acids is 3. The molecule has 0 radical (unpaired) electrons. The number of benzene rings is 2. The first-order valence-electron chi connectivity index (χ1n) is 24.8. The lowest BCUT2D eigenvalue weighted by molar-refractivity contribution is -0.138. The fourth-order valence-electron chi connectivity index (χ4n) is 7.79. The maximum atomic E-state index is 13.8. The molecule has 3 amide bonds. The van der Waals surface area contributed by atoms with Gasteiger partial charge in [0, 0.05) is 87.5 Å². The van der Waals surface area contributed by atoms with Crippen molar-refractivity contribution in [2.45, 2.75) is 38.7 Å². The number of alkyl halides is 6. The number of hydrogen-bond donors (Lipinski definition) is 7. The summed E-state index contributed by atoms with van der Waals surface area (Å²) in [7, 11) is 2.87. The van der Waals surface area contributed by atoms with Gasteiger partial charge in [0.05, 0.1) is 14.2 Å². The molecule has 22 nitrogen and oxygen atoms in total. The van der Waals surface area contributed by atoms with Crippen molar-refractivity contribution in [2.24, 2.45) is 0 Å². The third-order valence-electron chi connectivity index (χ3n) is 11.6. The Labute approximate surface area is 461 Å². The third-order valence-corrected chi connectivity index (χ3v) is 11.6. The molecule has 0 saturated carbocycles. The van der Waals surface area contributed by atoms with Crippen LogP contribution >= 0.6 is 0 Å². The predicted molar refractivity (Wildman–Crippen MR) is 294 cm³/mol. The van der Waals surface area contributed by atoms with Gasteiger partial charge in [0.2, 0.25) is 35.5 Å². The minimum Gasteiger partial charge on any atom is -0.479 e. The van der Waals surface area contributed by atoms with Crippen molar-refractivity contribution in [2.75, 3.05) is 108 Å². The molecule has 0 aliphatic carbocycles. The van der Waals surface area contributed by atoms with Crippen molar-refractivity contribution < 1.29 is 54.9 Å². The first-order chi connectivity index (χ1) is 38.5. The van der Waals surface area contributed by atoms with E-state index in [1.165, 1.54) is 32.4 Å². The van der Waals surface area contributed by atoms with E-state index >= 15 is 0 Å². The number of ether oxygens (including phenoxy) is 3. The molecule has 2 saturated heterocycles. The van der Waals surface area contributed by atoms with Crippen LogP contribution in [0.5, 0.6) is 11.8 Å². The van der Waals surface area contributed by atoms with E-state index in [1.807, 2.05) is 25.7 Å². The van der Waals surface area contributed by atoms with E-state index in [0.717, 1.165) is 44.1 Å². The molecule has 28 heteroatoms. The molecule has 428 valence electrons. The second-order valence-electron chi connectivity index (χ2n) is 18.6. The largest absolute Gasteiger partial charge is 0.479 e. The Bertz CT molecular complexity index is 3220. The van der Waals surface area contributed by atoms with Gasteiger partial charge in [-0.3, -0.25) is 9.59 Å². The Balaban J connectivity index is 0.000000237. The second-order valence-corrected chi connectivity index (χ2v) is 18.6. The fraction of sp³-hybridized carbons (Fsp3) is 0.302. The van der Waals surface area contributed by atoms with Crippen LogP contribution in [0.4, 0.5) is 100 Å². The maximum Gasteiger partial charge on any atom is 0.421 e. The van der Waals surface area contributed by atoms with Crippen molar-refractivity contribution in [3.05, 3.63) is 122 Å². The lowest BCUT2D eigenvalue weighted by Crippen LogP contribution is -2.50. The van der Waals surface area contributed by atoms with Crippen LogP contribution in [0.15, 0.2) is 111 Å². The van der Waals surface area contributed by atoms with Crippen molar-refractivity contribution >= 4 is 87.2 Å². The molecule has 81 heavy (non-hydrogen) atoms. The highest BCUT2D eigenvalue weighted by Crippen LogP contribution is 2.38. The Morgan fingerprint density at radius 1 is 0.580 bits per heavy atom. The average Bonchev–Trinajstić information content (AvgIpc) is 3.59. The van der Waals surface area contributed by atoms with E-state index in [9.17, 15) is 40.7 Å². The standard InChI is InChI=1S/C29H33F3N8O4.C24H25F3N8O2/c1-6-23(41)34-18-8-7-9-19(16-18)35-24-20(29(30,31)32)17-33-26(38-24)36-21-10-11-22(37-25(21)43-5)39-12-14-40(15-13-39)27(42)44-28(2,3)4;1-3-20(36)30-15-5-4-6-16(13-15)31-21-17(24(25,26)27)14-29-23(34-21)32-18-7-8-19(33-22(18)37-2)35-11-9-28-10-12-35/h6-11,16-17H,1,12-15H2,2-5H3,(H,34,41)(H2,33,35,36,38);3-8,13-14,28H,1,9-12H2,2H3,(H,30,36)(H2,29,31,32,34). The van der Waals surface area contributed by atoms with Crippen LogP contribution in [-0.2, 0) is 26.7 Å². The van der Waals surface area contributed by atoms with E-state index in [1.54, 1.807) is 59.5 Å². The van der Waals surface area contributed by atoms with Crippen LogP contribution in [-0.4, -0.2) is 125 Å². The molecule has 2 aromatic carbocycles. The van der Waals surface area contributed by atoms with E-state index < -0.39 is 52.5 Å². The van der Waals surface area contributed by atoms with Crippen LogP contribution in [0.3, 0.4) is 0 Å². The quantitative estimate of drug-likeness (QED) is 0.0352. The van der Waals surface area contributed by atoms with Crippen LogP contribution in [0.25, 0.3) is 0 Å². The molecular weight excluding hydrogens is 1070 g/mol. The number of halogens is 6. The molecule has 6 heterocycles. The van der Waals surface area contributed by atoms with Gasteiger partial charge in [-0.15, -0.1) is 0 Å². The average molecular weight is 1130 g/mol. The lowest BCUT2D eigenvalue weighted by Gasteiger charge is -2.36. The van der Waals surface area contributed by atoms with Gasteiger partial charge in [0.25, 0.3) is 0 Å². The van der Waals surface area contributed by atoms with Gasteiger partial charge in [-0.05, 0) is 93.6 Å². The van der Waals surface area contributed by atoms with E-state index in [0.29, 0.717) is 67.1 Å². The maximum absolute atomic E-state index is 13.8. The summed E-state index contributed by atoms with van der Waals surface area (Å²) >= 11 is 0. The number of hydrogen-bond acceptors (Lipinski definition) is 19. The molecule has 0 unspecified atom stereocenters. The summed E-state index contributed by atoms with van der Waals surface area (Å²) in [6.45, 7) is 17.3. The normalized spacial score (nSPS) is 13.6. The first-order valence-corrected chi connectivity index (χ1v) is 24.8. The Morgan fingerprint density at radius 2 is 1.00 bits per heavy atom. The summed E-state index contributed by atoms with van der Waals surface area (Å²) in [5, 5.41) is 19.5. The van der Waals surface area contributed by atoms with Crippen molar-refractivity contribution in [1.82, 2.24) is 40.1 Å². The van der Waals surface area contributed by atoms with E-state index in [-0.39, 0.29) is 41.1 Å². The number of nitrogens with one attached hydrogen (secondary N) is 7. The Kier molecular flexibility index (Phi) is 19.0. The van der Waals surface area contributed by atoms with Crippen LogP contribution in [0, 0.1) is 0 Å². The second kappa shape index (κ2) is 26.0. The van der Waals surface area contributed by atoms with Gasteiger partial charge < -0.3 is 66.1 Å². The summed E-state index contributed by atoms with van der Waals surface area (Å²) in [5.41, 5.74) is -0.778. The molecule has 0 bridgehead atoms. The number of piperazine rings is 2. The van der Waals surface area contributed by atoms with E-state index in [4.69, 9.17) is 14.2 Å². The molecule has 4 aromatic heterocycles. The minimum atomic E-state index is -4.75. The van der Waals surface area contributed by atoms with Crippen molar-refractivity contribution in [3.63, 3.8) is 0 Å². The predicted octanol–water partition coefficient (Wildman–Crippen LogP) is 9.49. The highest BCUT2D eigenvalue weighted by Gasteiger charge is 2.37. The van der Waals surface area contributed by atoms with Gasteiger partial charge in [0.1, 0.15) is 51.4 Å². The number of rotatable bonds is 16. The molecule has 2 aliphatic rings. The number of methoxy groups -OCH3 is 2. The topological polar surface area (TPSA) is 250 Å². The van der Waals surface area contributed by atoms with Gasteiger partial charge in [0.15, 0.2) is 0 Å². The van der Waals surface area contributed by atoms with Crippen molar-refractivity contribution in [3.8, 4) is 11.8 Å². The SMILES string of the molecule is C=CC(=O)Nc1cccc(Nc2nc(Nc3ccc(N4CCN(C(=O)OC(C)(C)C)CC4)nc3OC)ncc2C(F)(F)F)c1.C=CC(=O)Nc1cccc(Nc2nc(Nc3ccc(N4CCNCC4)nc3OC)ncc2C(F)(F)F)c1. The summed E-state index contributed by atoms with van der Waals surface area (Å²) in [6.07, 6.45) is -6.31. The third kappa shape index (κ3) is 16.5. The van der Waals surface area contributed by atoms with Gasteiger partial charge >= 0.3 is 18.4 Å². The zero-order valence-corrected chi connectivity index (χ0v) is 44.6. The number of anilines is 12. The summed E-state index contributed by atoms with van der Waals surface area (Å²) < 4.78 is 98.8. The number of carbonyl (C=O) groups is 3. The summed E-state index contributed by atoms with van der Waals surface area (Å²) in [5.74, 6) is -0.401. The molecule has 2 fully saturated rings. The van der Waals surface area contributed by atoms with E-state index in [2.05, 4.69) is 85.2 Å². The van der Waals surface area contributed by atoms with Gasteiger partial charge in [-0.2, -0.15) is 46.3 Å². The summed E-state index contributed by atoms with van der Waals surface area (Å²) in [6, 6.07) is 19.2. The smallest absolute Gasteiger partial charge is 0.421 e. The van der Waals surface area contributed by atoms with Gasteiger partial charge in [-0.25, -0.2) is 14.8 Å². The van der Waals surface area contributed by atoms with Crippen molar-refractivity contribution in [1.29, 1.82) is 0 Å². The molecule has 0 spiro atoms. The van der Waals surface area contributed by atoms with Crippen LogP contribution in [0.2, 0.25) is 0 Å². The lowest BCUT2D eigenvalue weighted by atomic mass is 10.2. The summed E-state index contributed by atoms with van der Waals surface area (Å²) in [4.78, 5) is 66.2. The molecule has 0 atom stereocenters. The van der Waals surface area contributed by atoms with Crippen LogP contribution in [0.1, 0.15) is 31.9 Å². The Hall–Kier alpha value is -9.47. The minimum absolute atomic E-state index is 0.0957. The number of nitrogens with zero attached hydrogens (tertiary/aromatic N) is 9. The zero-order chi connectivity index (χ0) is 58.5. The monoisotopic (exact) mass is 1130 g/mol. The Morgan fingerprint density at radius 3 is 1.40 bits per heavy atom. The van der Waals surface area contributed by atoms with Gasteiger partial charge in [-0.1, -0.05) is 25.3 Å². The molecule has 7 N–H and O–H groups in total.